The Morgan fingerprint density at radius 3 is 2.10 bits per heavy atom. The molecule has 4 nitrogen and oxygen atoms in total. The van der Waals surface area contributed by atoms with Crippen molar-refractivity contribution in [2.24, 2.45) is 11.7 Å². The Balaban J connectivity index is 0.00000200. The Bertz CT molecular complexity index is 575. The second-order valence-electron chi connectivity index (χ2n) is 4.66. The zero-order valence-corrected chi connectivity index (χ0v) is 14.4. The first kappa shape index (κ1) is 18.3. The van der Waals surface area contributed by atoms with E-state index in [0.717, 1.165) is 0 Å². The molecule has 0 spiro atoms. The van der Waals surface area contributed by atoms with Gasteiger partial charge in [-0.2, -0.15) is 4.31 Å². The van der Waals surface area contributed by atoms with Crippen LogP contribution in [0.2, 0.25) is 15.1 Å². The predicted molar refractivity (Wildman–Crippen MR) is 84.6 cm³/mol. The Morgan fingerprint density at radius 2 is 1.70 bits per heavy atom. The van der Waals surface area contributed by atoms with Crippen LogP contribution in [0.15, 0.2) is 17.0 Å². The molecule has 2 N–H and O–H groups in total. The summed E-state index contributed by atoms with van der Waals surface area (Å²) in [5.41, 5.74) is 5.85. The van der Waals surface area contributed by atoms with E-state index < -0.39 is 10.0 Å². The molecule has 1 saturated heterocycles. The molecule has 114 valence electrons. The molecule has 1 fully saturated rings. The monoisotopic (exact) mass is 378 g/mol. The minimum absolute atomic E-state index is 0. The largest absolute Gasteiger partial charge is 0.326 e. The second kappa shape index (κ2) is 6.57. The number of benzene rings is 1. The number of nitrogens with two attached hydrogens (primary N) is 1. The molecule has 0 radical (unpaired) electrons. The van der Waals surface area contributed by atoms with Crippen molar-refractivity contribution in [2.75, 3.05) is 13.1 Å². The Hall–Kier alpha value is 0.250. The fourth-order valence-electron chi connectivity index (χ4n) is 2.05. The molecule has 0 aliphatic carbocycles. The first-order valence-corrected chi connectivity index (χ1v) is 8.21. The van der Waals surface area contributed by atoms with Gasteiger partial charge in [0.2, 0.25) is 10.0 Å². The SMILES string of the molecule is CC1CN(S(=O)(=O)c2c(Cl)cc(Cl)cc2Cl)CC1N.Cl. The van der Waals surface area contributed by atoms with Crippen molar-refractivity contribution in [3.8, 4) is 0 Å². The molecule has 0 aromatic heterocycles. The van der Waals surface area contributed by atoms with Gasteiger partial charge < -0.3 is 5.73 Å². The van der Waals surface area contributed by atoms with Crippen LogP contribution in [-0.4, -0.2) is 31.9 Å². The second-order valence-corrected chi connectivity index (χ2v) is 7.79. The zero-order chi connectivity index (χ0) is 14.4. The van der Waals surface area contributed by atoms with Crippen molar-refractivity contribution in [3.05, 3.63) is 27.2 Å². The van der Waals surface area contributed by atoms with E-state index in [-0.39, 0.29) is 45.9 Å². The van der Waals surface area contributed by atoms with Crippen LogP contribution in [0.1, 0.15) is 6.92 Å². The van der Waals surface area contributed by atoms with E-state index in [1.165, 1.54) is 16.4 Å². The van der Waals surface area contributed by atoms with Gasteiger partial charge in [0.15, 0.2) is 0 Å². The van der Waals surface area contributed by atoms with Crippen molar-refractivity contribution in [2.45, 2.75) is 17.9 Å². The van der Waals surface area contributed by atoms with Crippen molar-refractivity contribution in [3.63, 3.8) is 0 Å². The Kier molecular flexibility index (Phi) is 6.01. The van der Waals surface area contributed by atoms with Crippen LogP contribution in [0.25, 0.3) is 0 Å². The van der Waals surface area contributed by atoms with Gasteiger partial charge in [-0.15, -0.1) is 12.4 Å². The smallest absolute Gasteiger partial charge is 0.246 e. The molecule has 1 aliphatic rings. The number of rotatable bonds is 2. The summed E-state index contributed by atoms with van der Waals surface area (Å²) in [6.07, 6.45) is 0. The van der Waals surface area contributed by atoms with Crippen LogP contribution < -0.4 is 5.73 Å². The van der Waals surface area contributed by atoms with E-state index in [0.29, 0.717) is 11.6 Å². The summed E-state index contributed by atoms with van der Waals surface area (Å²) in [6.45, 7) is 2.53. The molecule has 0 saturated carbocycles. The number of hydrogen-bond acceptors (Lipinski definition) is 3. The standard InChI is InChI=1S/C11H13Cl3N2O2S.ClH/c1-6-4-16(5-10(6)15)19(17,18)11-8(13)2-7(12)3-9(11)14;/h2-3,6,10H,4-5,15H2,1H3;1H. The summed E-state index contributed by atoms with van der Waals surface area (Å²) in [5.74, 6) is 0.0969. The lowest BCUT2D eigenvalue weighted by molar-refractivity contribution is 0.464. The number of sulfonamides is 1. The molecule has 20 heavy (non-hydrogen) atoms. The highest BCUT2D eigenvalue weighted by molar-refractivity contribution is 7.89. The number of nitrogens with zero attached hydrogens (tertiary/aromatic N) is 1. The maximum absolute atomic E-state index is 12.5. The summed E-state index contributed by atoms with van der Waals surface area (Å²) < 4.78 is 26.4. The van der Waals surface area contributed by atoms with Crippen LogP contribution in [0.4, 0.5) is 0 Å². The molecular weight excluding hydrogens is 366 g/mol. The molecule has 1 aliphatic heterocycles. The van der Waals surface area contributed by atoms with E-state index in [1.54, 1.807) is 0 Å². The molecule has 1 heterocycles. The minimum atomic E-state index is -3.75. The number of hydrogen-bond donors (Lipinski definition) is 1. The minimum Gasteiger partial charge on any atom is -0.326 e. The van der Waals surface area contributed by atoms with Crippen LogP contribution in [0.5, 0.6) is 0 Å². The van der Waals surface area contributed by atoms with Crippen molar-refractivity contribution in [1.29, 1.82) is 0 Å². The van der Waals surface area contributed by atoms with Crippen LogP contribution in [0, 0.1) is 5.92 Å². The maximum atomic E-state index is 12.5. The van der Waals surface area contributed by atoms with Gasteiger partial charge >= 0.3 is 0 Å². The van der Waals surface area contributed by atoms with E-state index in [4.69, 9.17) is 40.5 Å². The fourth-order valence-corrected chi connectivity index (χ4v) is 5.12. The lowest BCUT2D eigenvalue weighted by atomic mass is 10.1. The molecule has 2 rings (SSSR count). The third-order valence-electron chi connectivity index (χ3n) is 3.20. The number of halogens is 4. The lowest BCUT2D eigenvalue weighted by Gasteiger charge is -2.18. The summed E-state index contributed by atoms with van der Waals surface area (Å²) >= 11 is 17.7. The normalized spacial score (nSPS) is 23.6. The molecule has 0 amide bonds. The van der Waals surface area contributed by atoms with E-state index in [2.05, 4.69) is 0 Å². The molecule has 1 aromatic rings. The summed E-state index contributed by atoms with van der Waals surface area (Å²) in [7, 11) is -3.75. The van der Waals surface area contributed by atoms with Crippen LogP contribution >= 0.6 is 47.2 Å². The first-order valence-electron chi connectivity index (χ1n) is 5.63. The first-order chi connectivity index (χ1) is 8.73. The predicted octanol–water partition coefficient (Wildman–Crippen LogP) is 3.04. The highest BCUT2D eigenvalue weighted by Crippen LogP contribution is 2.36. The Labute approximate surface area is 139 Å². The van der Waals surface area contributed by atoms with Crippen molar-refractivity contribution >= 4 is 57.2 Å². The van der Waals surface area contributed by atoms with Gasteiger partial charge in [0.05, 0.1) is 10.0 Å². The maximum Gasteiger partial charge on any atom is 0.246 e. The highest BCUT2D eigenvalue weighted by atomic mass is 35.5. The van der Waals surface area contributed by atoms with Gasteiger partial charge in [0, 0.05) is 24.2 Å². The van der Waals surface area contributed by atoms with Gasteiger partial charge in [-0.3, -0.25) is 0 Å². The molecule has 1 aromatic carbocycles. The Morgan fingerprint density at radius 1 is 1.20 bits per heavy atom. The molecule has 2 atom stereocenters. The third kappa shape index (κ3) is 3.35. The zero-order valence-electron chi connectivity index (χ0n) is 10.5. The van der Waals surface area contributed by atoms with Gasteiger partial charge in [0.1, 0.15) is 4.90 Å². The summed E-state index contributed by atoms with van der Waals surface area (Å²) in [5, 5.41) is 0.330. The molecular formula is C11H14Cl4N2O2S. The van der Waals surface area contributed by atoms with Gasteiger partial charge in [-0.05, 0) is 18.1 Å². The molecule has 0 bridgehead atoms. The average molecular weight is 380 g/mol. The summed E-state index contributed by atoms with van der Waals surface area (Å²) in [6, 6.07) is 2.54. The topological polar surface area (TPSA) is 63.4 Å². The highest BCUT2D eigenvalue weighted by Gasteiger charge is 2.37. The van der Waals surface area contributed by atoms with Crippen LogP contribution in [0.3, 0.4) is 0 Å². The average Bonchev–Trinajstić information content (AvgIpc) is 2.57. The van der Waals surface area contributed by atoms with E-state index in [9.17, 15) is 8.42 Å². The summed E-state index contributed by atoms with van der Waals surface area (Å²) in [4.78, 5) is -0.110. The van der Waals surface area contributed by atoms with E-state index in [1.807, 2.05) is 6.92 Å². The van der Waals surface area contributed by atoms with E-state index >= 15 is 0 Å². The van der Waals surface area contributed by atoms with Crippen molar-refractivity contribution in [1.82, 2.24) is 4.31 Å². The van der Waals surface area contributed by atoms with Gasteiger partial charge in [-0.1, -0.05) is 41.7 Å². The van der Waals surface area contributed by atoms with Crippen LogP contribution in [-0.2, 0) is 10.0 Å². The van der Waals surface area contributed by atoms with Crippen molar-refractivity contribution < 1.29 is 8.42 Å². The molecule has 2 unspecified atom stereocenters. The van der Waals surface area contributed by atoms with Gasteiger partial charge in [0.25, 0.3) is 0 Å². The molecule has 9 heteroatoms. The lowest BCUT2D eigenvalue weighted by Crippen LogP contribution is -2.32. The third-order valence-corrected chi connectivity index (χ3v) is 6.17. The quantitative estimate of drug-likeness (QED) is 0.858. The fraction of sp³-hybridized carbons (Fsp3) is 0.455. The van der Waals surface area contributed by atoms with Gasteiger partial charge in [-0.25, -0.2) is 8.42 Å².